The number of piperidine rings is 1. The number of likely N-dealkylation sites (tertiary alicyclic amines) is 1. The van der Waals surface area contributed by atoms with Crippen LogP contribution in [-0.4, -0.2) is 62.1 Å². The van der Waals surface area contributed by atoms with Crippen LogP contribution in [0, 0.1) is 0 Å². The van der Waals surface area contributed by atoms with Crippen molar-refractivity contribution in [3.8, 4) is 5.75 Å². The van der Waals surface area contributed by atoms with Gasteiger partial charge < -0.3 is 14.7 Å². The number of fused-ring (bicyclic) bond motifs is 2. The molecule has 1 saturated heterocycles. The van der Waals surface area contributed by atoms with Crippen molar-refractivity contribution in [2.24, 2.45) is 0 Å². The van der Waals surface area contributed by atoms with Crippen molar-refractivity contribution in [1.82, 2.24) is 9.62 Å². The standard InChI is InChI=1S/C27H26F3N3O4S2/c28-27(29,30)37-18-11-13-19(14-12-18)39(35,36)31-20-15-32(17-9-10-17)16-23(26(20)34)33-21-5-1-3-7-24(21)38-25-8-4-2-6-22(25)33/h1-8,11-14,17,20,23,26,31,34H,9-10,15-16H2/t20-,23+,26+/m1/s1. The number of anilines is 2. The molecule has 0 aromatic heterocycles. The summed E-state index contributed by atoms with van der Waals surface area (Å²) in [6.45, 7) is 0.879. The van der Waals surface area contributed by atoms with Gasteiger partial charge in [-0.3, -0.25) is 4.90 Å². The van der Waals surface area contributed by atoms with Crippen molar-refractivity contribution in [2.75, 3.05) is 18.0 Å². The molecule has 0 radical (unpaired) electrons. The summed E-state index contributed by atoms with van der Waals surface area (Å²) in [5.41, 5.74) is 1.90. The first-order valence-corrected chi connectivity index (χ1v) is 14.8. The van der Waals surface area contributed by atoms with Crippen LogP contribution in [0.25, 0.3) is 0 Å². The fourth-order valence-electron chi connectivity index (χ4n) is 5.31. The largest absolute Gasteiger partial charge is 0.573 e. The van der Waals surface area contributed by atoms with E-state index in [1.54, 1.807) is 11.8 Å². The molecule has 1 saturated carbocycles. The molecule has 2 heterocycles. The molecular formula is C27H26F3N3O4S2. The molecule has 2 aliphatic heterocycles. The predicted molar refractivity (Wildman–Crippen MR) is 141 cm³/mol. The second-order valence-corrected chi connectivity index (χ2v) is 12.7. The summed E-state index contributed by atoms with van der Waals surface area (Å²) in [5, 5.41) is 11.7. The summed E-state index contributed by atoms with van der Waals surface area (Å²) in [5.74, 6) is -0.514. The van der Waals surface area contributed by atoms with Gasteiger partial charge in [-0.25, -0.2) is 13.1 Å². The topological polar surface area (TPSA) is 82.1 Å². The fraction of sp³-hybridized carbons (Fsp3) is 0.333. The highest BCUT2D eigenvalue weighted by molar-refractivity contribution is 7.99. The Morgan fingerprint density at radius 3 is 2.05 bits per heavy atom. The molecule has 0 unspecified atom stereocenters. The zero-order valence-electron chi connectivity index (χ0n) is 20.6. The lowest BCUT2D eigenvalue weighted by atomic mass is 9.94. The second kappa shape index (κ2) is 10.0. The summed E-state index contributed by atoms with van der Waals surface area (Å²) >= 11 is 1.65. The second-order valence-electron chi connectivity index (χ2n) is 9.90. The van der Waals surface area contributed by atoms with Crippen LogP contribution in [-0.2, 0) is 10.0 Å². The first kappa shape index (κ1) is 26.5. The van der Waals surface area contributed by atoms with Gasteiger partial charge in [0.15, 0.2) is 0 Å². The average molecular weight is 578 g/mol. The van der Waals surface area contributed by atoms with Crippen molar-refractivity contribution in [3.63, 3.8) is 0 Å². The highest BCUT2D eigenvalue weighted by atomic mass is 32.2. The maximum Gasteiger partial charge on any atom is 0.573 e. The number of aliphatic hydroxyl groups is 1. The molecule has 3 aromatic carbocycles. The predicted octanol–water partition coefficient (Wildman–Crippen LogP) is 4.74. The Balaban J connectivity index is 1.31. The number of sulfonamides is 1. The average Bonchev–Trinajstić information content (AvgIpc) is 3.74. The van der Waals surface area contributed by atoms with E-state index in [2.05, 4.69) is 19.3 Å². The third-order valence-electron chi connectivity index (χ3n) is 7.20. The van der Waals surface area contributed by atoms with E-state index in [1.165, 1.54) is 0 Å². The summed E-state index contributed by atoms with van der Waals surface area (Å²) in [6, 6.07) is 19.0. The molecule has 206 valence electrons. The maximum absolute atomic E-state index is 13.3. The van der Waals surface area contributed by atoms with Crippen LogP contribution < -0.4 is 14.4 Å². The Kier molecular flexibility index (Phi) is 6.79. The lowest BCUT2D eigenvalue weighted by molar-refractivity contribution is -0.274. The molecule has 3 aromatic rings. The van der Waals surface area contributed by atoms with Gasteiger partial charge >= 0.3 is 6.36 Å². The zero-order valence-corrected chi connectivity index (χ0v) is 22.2. The van der Waals surface area contributed by atoms with E-state index in [4.69, 9.17) is 0 Å². The first-order valence-electron chi connectivity index (χ1n) is 12.5. The van der Waals surface area contributed by atoms with Gasteiger partial charge in [0.25, 0.3) is 0 Å². The molecule has 0 bridgehead atoms. The van der Waals surface area contributed by atoms with Crippen molar-refractivity contribution in [2.45, 2.75) is 58.1 Å². The van der Waals surface area contributed by atoms with Crippen molar-refractivity contribution >= 4 is 33.2 Å². The first-order chi connectivity index (χ1) is 18.6. The van der Waals surface area contributed by atoms with Gasteiger partial charge in [-0.1, -0.05) is 36.0 Å². The number of halogens is 3. The van der Waals surface area contributed by atoms with Gasteiger partial charge in [0.1, 0.15) is 5.75 Å². The van der Waals surface area contributed by atoms with Crippen LogP contribution in [0.5, 0.6) is 5.75 Å². The Morgan fingerprint density at radius 2 is 1.49 bits per heavy atom. The number of rotatable bonds is 6. The Labute approximate surface area is 228 Å². The van der Waals surface area contributed by atoms with Crippen molar-refractivity contribution in [3.05, 3.63) is 72.8 Å². The third kappa shape index (κ3) is 5.48. The van der Waals surface area contributed by atoms with Crippen LogP contribution in [0.15, 0.2) is 87.5 Å². The minimum Gasteiger partial charge on any atom is -0.406 e. The van der Waals surface area contributed by atoms with Gasteiger partial charge in [0.2, 0.25) is 10.0 Å². The fourth-order valence-corrected chi connectivity index (χ4v) is 7.62. The van der Waals surface area contributed by atoms with E-state index in [1.807, 2.05) is 48.5 Å². The molecule has 39 heavy (non-hydrogen) atoms. The minimum absolute atomic E-state index is 0.214. The van der Waals surface area contributed by atoms with Gasteiger partial charge in [-0.15, -0.1) is 13.2 Å². The normalized spacial score (nSPS) is 23.7. The molecule has 3 aliphatic rings. The third-order valence-corrected chi connectivity index (χ3v) is 9.83. The highest BCUT2D eigenvalue weighted by Crippen LogP contribution is 2.50. The number of ether oxygens (including phenoxy) is 1. The molecule has 2 N–H and O–H groups in total. The van der Waals surface area contributed by atoms with E-state index in [0.29, 0.717) is 19.1 Å². The molecule has 6 rings (SSSR count). The Bertz CT molecular complexity index is 1420. The molecular weight excluding hydrogens is 551 g/mol. The monoisotopic (exact) mass is 577 g/mol. The number of nitrogens with zero attached hydrogens (tertiary/aromatic N) is 2. The molecule has 0 spiro atoms. The summed E-state index contributed by atoms with van der Waals surface area (Å²) in [6.07, 6.45) is -3.93. The molecule has 1 aliphatic carbocycles. The summed E-state index contributed by atoms with van der Waals surface area (Å²) < 4.78 is 70.6. The number of nitrogens with one attached hydrogen (secondary N) is 1. The van der Waals surface area contributed by atoms with E-state index >= 15 is 0 Å². The van der Waals surface area contributed by atoms with Crippen molar-refractivity contribution < 1.29 is 31.4 Å². The smallest absolute Gasteiger partial charge is 0.406 e. The SMILES string of the molecule is O=S(=O)(N[C@@H]1CN(C2CC2)C[C@H](N2c3ccccc3Sc3ccccc32)[C@H]1O)c1ccc(OC(F)(F)F)cc1. The summed E-state index contributed by atoms with van der Waals surface area (Å²) in [4.78, 5) is 6.22. The zero-order chi connectivity index (χ0) is 27.4. The lowest BCUT2D eigenvalue weighted by Gasteiger charge is -2.48. The quantitative estimate of drug-likeness (QED) is 0.438. The van der Waals surface area contributed by atoms with Crippen LogP contribution in [0.1, 0.15) is 12.8 Å². The molecule has 2 fully saturated rings. The van der Waals surface area contributed by atoms with Crippen LogP contribution in [0.4, 0.5) is 24.5 Å². The lowest BCUT2D eigenvalue weighted by Crippen LogP contribution is -2.65. The van der Waals surface area contributed by atoms with Gasteiger partial charge in [0.05, 0.1) is 34.5 Å². The molecule has 7 nitrogen and oxygen atoms in total. The molecule has 12 heteroatoms. The number of hydrogen-bond acceptors (Lipinski definition) is 7. The number of hydrogen-bond donors (Lipinski definition) is 2. The van der Waals surface area contributed by atoms with Gasteiger partial charge in [-0.2, -0.15) is 0 Å². The number of alkyl halides is 3. The maximum atomic E-state index is 13.3. The van der Waals surface area contributed by atoms with Crippen molar-refractivity contribution in [1.29, 1.82) is 0 Å². The number of benzene rings is 3. The summed E-state index contributed by atoms with van der Waals surface area (Å²) in [7, 11) is -4.15. The minimum atomic E-state index is -4.88. The van der Waals surface area contributed by atoms with Gasteiger partial charge in [-0.05, 0) is 61.4 Å². The molecule has 3 atom stereocenters. The molecule has 0 amide bonds. The van der Waals surface area contributed by atoms with E-state index < -0.39 is 40.3 Å². The van der Waals surface area contributed by atoms with E-state index in [9.17, 15) is 26.7 Å². The van der Waals surface area contributed by atoms with E-state index in [-0.39, 0.29) is 4.90 Å². The Hall–Kier alpha value is -2.77. The van der Waals surface area contributed by atoms with Crippen LogP contribution in [0.3, 0.4) is 0 Å². The van der Waals surface area contributed by atoms with Gasteiger partial charge in [0, 0.05) is 28.9 Å². The Morgan fingerprint density at radius 1 is 0.897 bits per heavy atom. The van der Waals surface area contributed by atoms with Crippen LogP contribution in [0.2, 0.25) is 0 Å². The van der Waals surface area contributed by atoms with E-state index in [0.717, 1.165) is 58.3 Å². The number of para-hydroxylation sites is 2. The van der Waals surface area contributed by atoms with Crippen LogP contribution >= 0.6 is 11.8 Å². The number of aliphatic hydroxyl groups excluding tert-OH is 1. The highest BCUT2D eigenvalue weighted by Gasteiger charge is 2.46.